The van der Waals surface area contributed by atoms with Crippen LogP contribution >= 0.6 is 0 Å². The van der Waals surface area contributed by atoms with Crippen molar-refractivity contribution in [1.82, 2.24) is 16.0 Å². The maximum Gasteiger partial charge on any atom is 0.326 e. The summed E-state index contributed by atoms with van der Waals surface area (Å²) in [5, 5.41) is 27.2. The number of carboxylic acid groups (broad SMARTS) is 1. The summed E-state index contributed by atoms with van der Waals surface area (Å²) in [6.07, 6.45) is -0.251. The first-order valence-corrected chi connectivity index (χ1v) is 12.0. The van der Waals surface area contributed by atoms with E-state index in [4.69, 9.17) is 5.73 Å². The molecule has 10 heteroatoms. The average Bonchev–Trinajstić information content (AvgIpc) is 2.79. The van der Waals surface area contributed by atoms with E-state index in [-0.39, 0.29) is 24.7 Å². The largest absolute Gasteiger partial charge is 0.480 e. The Kier molecular flexibility index (Phi) is 12.4. The summed E-state index contributed by atoms with van der Waals surface area (Å²) < 4.78 is 0. The summed E-state index contributed by atoms with van der Waals surface area (Å²) in [6, 6.07) is 4.67. The predicted molar refractivity (Wildman–Crippen MR) is 132 cm³/mol. The predicted octanol–water partition coefficient (Wildman–Crippen LogP) is 0.568. The number of carbonyl (C=O) groups excluding carboxylic acids is 3. The molecule has 0 saturated heterocycles. The van der Waals surface area contributed by atoms with E-state index >= 15 is 0 Å². The van der Waals surface area contributed by atoms with Gasteiger partial charge in [-0.3, -0.25) is 14.4 Å². The Bertz CT molecular complexity index is 846. The lowest BCUT2D eigenvalue weighted by atomic mass is 9.97. The molecule has 10 nitrogen and oxygen atoms in total. The Morgan fingerprint density at radius 3 is 1.94 bits per heavy atom. The van der Waals surface area contributed by atoms with Gasteiger partial charge < -0.3 is 31.9 Å². The number of aliphatic carboxylic acids is 1. The molecule has 0 heterocycles. The molecule has 0 aliphatic carbocycles. The molecule has 6 atom stereocenters. The Morgan fingerprint density at radius 2 is 1.46 bits per heavy atom. The number of carboxylic acids is 1. The highest BCUT2D eigenvalue weighted by Gasteiger charge is 2.33. The molecule has 0 saturated carbocycles. The van der Waals surface area contributed by atoms with Crippen LogP contribution in [-0.4, -0.2) is 64.2 Å². The molecule has 35 heavy (non-hydrogen) atoms. The third-order valence-corrected chi connectivity index (χ3v) is 5.81. The number of benzene rings is 1. The highest BCUT2D eigenvalue weighted by atomic mass is 16.4. The first kappa shape index (κ1) is 30.1. The van der Waals surface area contributed by atoms with Gasteiger partial charge in [0.25, 0.3) is 0 Å². The van der Waals surface area contributed by atoms with Crippen molar-refractivity contribution in [3.63, 3.8) is 0 Å². The van der Waals surface area contributed by atoms with Crippen LogP contribution in [0.15, 0.2) is 30.3 Å². The van der Waals surface area contributed by atoms with E-state index in [9.17, 15) is 29.4 Å². The molecule has 6 unspecified atom stereocenters. The minimum Gasteiger partial charge on any atom is -0.480 e. The van der Waals surface area contributed by atoms with Crippen LogP contribution < -0.4 is 21.7 Å². The van der Waals surface area contributed by atoms with E-state index in [0.717, 1.165) is 5.56 Å². The van der Waals surface area contributed by atoms with Crippen molar-refractivity contribution >= 4 is 23.7 Å². The molecule has 196 valence electrons. The highest BCUT2D eigenvalue weighted by Crippen LogP contribution is 2.11. The number of amides is 3. The fourth-order valence-corrected chi connectivity index (χ4v) is 3.53. The Labute approximate surface area is 207 Å². The normalized spacial score (nSPS) is 16.3. The number of aliphatic hydroxyl groups excluding tert-OH is 1. The van der Waals surface area contributed by atoms with Gasteiger partial charge in [0.15, 0.2) is 0 Å². The van der Waals surface area contributed by atoms with Crippen LogP contribution in [-0.2, 0) is 25.6 Å². The number of nitrogens with one attached hydrogen (secondary N) is 3. The van der Waals surface area contributed by atoms with Crippen molar-refractivity contribution in [1.29, 1.82) is 0 Å². The molecular weight excluding hydrogens is 452 g/mol. The SMILES string of the molecule is CCC(C)C(NC(=O)C(CC(C)C)NC(=O)C(NC(=O)C(N)Cc1ccccc1)C(C)O)C(=O)O. The second kappa shape index (κ2) is 14.4. The lowest BCUT2D eigenvalue weighted by Gasteiger charge is -2.28. The van der Waals surface area contributed by atoms with Gasteiger partial charge in [-0.2, -0.15) is 0 Å². The van der Waals surface area contributed by atoms with Crippen molar-refractivity contribution in [2.75, 3.05) is 0 Å². The Morgan fingerprint density at radius 1 is 0.886 bits per heavy atom. The standard InChI is InChI=1S/C25H40N4O6/c1-6-15(4)20(25(34)35)28-23(32)19(12-14(2)3)27-24(33)21(16(5)30)29-22(31)18(26)13-17-10-8-7-9-11-17/h7-11,14-16,18-21,30H,6,12-13,26H2,1-5H3,(H,27,33)(H,28,32)(H,29,31)(H,34,35). The van der Waals surface area contributed by atoms with E-state index in [1.807, 2.05) is 51.1 Å². The third kappa shape index (κ3) is 10.0. The molecule has 7 N–H and O–H groups in total. The number of aliphatic hydroxyl groups is 1. The number of hydrogen-bond donors (Lipinski definition) is 6. The smallest absolute Gasteiger partial charge is 0.326 e. The van der Waals surface area contributed by atoms with Crippen LogP contribution in [0, 0.1) is 11.8 Å². The lowest BCUT2D eigenvalue weighted by molar-refractivity contribution is -0.144. The topological polar surface area (TPSA) is 171 Å². The summed E-state index contributed by atoms with van der Waals surface area (Å²) in [4.78, 5) is 50.1. The van der Waals surface area contributed by atoms with Gasteiger partial charge in [0.05, 0.1) is 12.1 Å². The maximum atomic E-state index is 13.0. The Balaban J connectivity index is 2.94. The van der Waals surface area contributed by atoms with Crippen LogP contribution in [0.2, 0.25) is 0 Å². The molecule has 0 spiro atoms. The number of carbonyl (C=O) groups is 4. The number of rotatable bonds is 14. The maximum absolute atomic E-state index is 13.0. The summed E-state index contributed by atoms with van der Waals surface area (Å²) >= 11 is 0. The van der Waals surface area contributed by atoms with Crippen LogP contribution in [0.5, 0.6) is 0 Å². The zero-order valence-corrected chi connectivity index (χ0v) is 21.2. The Hall–Kier alpha value is -2.98. The third-order valence-electron chi connectivity index (χ3n) is 5.81. The zero-order chi connectivity index (χ0) is 26.7. The molecule has 1 aromatic carbocycles. The van der Waals surface area contributed by atoms with E-state index in [2.05, 4.69) is 16.0 Å². The van der Waals surface area contributed by atoms with Gasteiger partial charge in [0, 0.05) is 0 Å². The molecule has 0 aliphatic heterocycles. The highest BCUT2D eigenvalue weighted by molar-refractivity contribution is 5.94. The van der Waals surface area contributed by atoms with Crippen molar-refractivity contribution in [3.8, 4) is 0 Å². The first-order valence-electron chi connectivity index (χ1n) is 12.0. The lowest BCUT2D eigenvalue weighted by Crippen LogP contribution is -2.60. The molecular formula is C25H40N4O6. The molecule has 1 rings (SSSR count). The van der Waals surface area contributed by atoms with Crippen LogP contribution in [0.1, 0.15) is 53.0 Å². The number of nitrogens with two attached hydrogens (primary N) is 1. The van der Waals surface area contributed by atoms with Gasteiger partial charge >= 0.3 is 5.97 Å². The van der Waals surface area contributed by atoms with Gasteiger partial charge in [-0.05, 0) is 37.2 Å². The molecule has 0 aliphatic rings. The molecule has 0 aromatic heterocycles. The van der Waals surface area contributed by atoms with E-state index in [0.29, 0.717) is 6.42 Å². The molecule has 3 amide bonds. The van der Waals surface area contributed by atoms with Gasteiger partial charge in [0.1, 0.15) is 18.1 Å². The monoisotopic (exact) mass is 492 g/mol. The van der Waals surface area contributed by atoms with Crippen LogP contribution in [0.25, 0.3) is 0 Å². The summed E-state index contributed by atoms with van der Waals surface area (Å²) in [5.74, 6) is -3.52. The summed E-state index contributed by atoms with van der Waals surface area (Å²) in [6.45, 7) is 8.58. The van der Waals surface area contributed by atoms with Crippen LogP contribution in [0.4, 0.5) is 0 Å². The summed E-state index contributed by atoms with van der Waals surface area (Å²) in [7, 11) is 0. The minimum atomic E-state index is -1.35. The molecule has 0 fully saturated rings. The van der Waals surface area contributed by atoms with Crippen molar-refractivity contribution < 1.29 is 29.4 Å². The van der Waals surface area contributed by atoms with Gasteiger partial charge in [-0.1, -0.05) is 64.4 Å². The second-order valence-electron chi connectivity index (χ2n) is 9.42. The quantitative estimate of drug-likeness (QED) is 0.220. The van der Waals surface area contributed by atoms with E-state index in [1.165, 1.54) is 6.92 Å². The summed E-state index contributed by atoms with van der Waals surface area (Å²) in [5.41, 5.74) is 6.84. The van der Waals surface area contributed by atoms with Crippen molar-refractivity contribution in [2.45, 2.75) is 84.2 Å². The van der Waals surface area contributed by atoms with E-state index < -0.39 is 54.0 Å². The second-order valence-corrected chi connectivity index (χ2v) is 9.42. The van der Waals surface area contributed by atoms with Gasteiger partial charge in [-0.15, -0.1) is 0 Å². The van der Waals surface area contributed by atoms with Crippen molar-refractivity contribution in [3.05, 3.63) is 35.9 Å². The van der Waals surface area contributed by atoms with Crippen LogP contribution in [0.3, 0.4) is 0 Å². The fraction of sp³-hybridized carbons (Fsp3) is 0.600. The molecule has 0 bridgehead atoms. The first-order chi connectivity index (χ1) is 16.4. The molecule has 1 aromatic rings. The van der Waals surface area contributed by atoms with Gasteiger partial charge in [0.2, 0.25) is 17.7 Å². The minimum absolute atomic E-state index is 0.00295. The number of hydrogen-bond acceptors (Lipinski definition) is 6. The van der Waals surface area contributed by atoms with Crippen molar-refractivity contribution in [2.24, 2.45) is 17.6 Å². The molecule has 0 radical (unpaired) electrons. The van der Waals surface area contributed by atoms with E-state index in [1.54, 1.807) is 6.92 Å². The fourth-order valence-electron chi connectivity index (χ4n) is 3.53. The average molecular weight is 493 g/mol. The van der Waals surface area contributed by atoms with Gasteiger partial charge in [-0.25, -0.2) is 4.79 Å². The zero-order valence-electron chi connectivity index (χ0n) is 21.2.